The fraction of sp³-hybridized carbons (Fsp3) is 1.00. The summed E-state index contributed by atoms with van der Waals surface area (Å²) >= 11 is 0. The third-order valence-electron chi connectivity index (χ3n) is 2.54. The van der Waals surface area contributed by atoms with Crippen LogP contribution >= 0.6 is 0 Å². The summed E-state index contributed by atoms with van der Waals surface area (Å²) < 4.78 is 0. The minimum absolute atomic E-state index is 0.724. The molecule has 1 nitrogen and oxygen atoms in total. The highest BCUT2D eigenvalue weighted by atomic mass is 15.1. The van der Waals surface area contributed by atoms with E-state index in [1.54, 1.807) is 0 Å². The molecule has 0 N–H and O–H groups in total. The number of unbranched alkanes of at least 4 members (excludes halogenated alkanes) is 3. The van der Waals surface area contributed by atoms with Gasteiger partial charge in [-0.3, -0.25) is 0 Å². The zero-order chi connectivity index (χ0) is 10.1. The van der Waals surface area contributed by atoms with Crippen molar-refractivity contribution in [1.82, 2.24) is 4.90 Å². The topological polar surface area (TPSA) is 3.24 Å². The molecule has 13 heavy (non-hydrogen) atoms. The van der Waals surface area contributed by atoms with Gasteiger partial charge in [-0.25, -0.2) is 0 Å². The van der Waals surface area contributed by atoms with Gasteiger partial charge in [-0.2, -0.15) is 0 Å². The van der Waals surface area contributed by atoms with Crippen LogP contribution in [0.3, 0.4) is 0 Å². The predicted octanol–water partition coefficient (Wildman–Crippen LogP) is 3.69. The standard InChI is InChI=1S/C12H27N/c1-5-7-8-9-11-13(10-6-2)12(3)4/h12H,5-11H2,1-4H3. The van der Waals surface area contributed by atoms with Crippen molar-refractivity contribution < 1.29 is 0 Å². The minimum Gasteiger partial charge on any atom is -0.301 e. The van der Waals surface area contributed by atoms with Gasteiger partial charge >= 0.3 is 0 Å². The van der Waals surface area contributed by atoms with Crippen molar-refractivity contribution in [3.63, 3.8) is 0 Å². The summed E-state index contributed by atoms with van der Waals surface area (Å²) in [4.78, 5) is 2.59. The quantitative estimate of drug-likeness (QED) is 0.521. The van der Waals surface area contributed by atoms with Gasteiger partial charge in [-0.1, -0.05) is 33.1 Å². The van der Waals surface area contributed by atoms with Gasteiger partial charge in [0, 0.05) is 6.04 Å². The first kappa shape index (κ1) is 13.0. The van der Waals surface area contributed by atoms with Crippen LogP contribution in [0.5, 0.6) is 0 Å². The molecule has 1 heteroatoms. The fourth-order valence-corrected chi connectivity index (χ4v) is 1.66. The molecule has 0 heterocycles. The second-order valence-corrected chi connectivity index (χ2v) is 4.19. The lowest BCUT2D eigenvalue weighted by Gasteiger charge is -2.25. The molecule has 0 amide bonds. The van der Waals surface area contributed by atoms with E-state index >= 15 is 0 Å². The molecule has 0 aromatic carbocycles. The third-order valence-corrected chi connectivity index (χ3v) is 2.54. The van der Waals surface area contributed by atoms with E-state index in [1.165, 1.54) is 45.2 Å². The normalized spacial score (nSPS) is 11.5. The second-order valence-electron chi connectivity index (χ2n) is 4.19. The highest BCUT2D eigenvalue weighted by Crippen LogP contribution is 2.05. The van der Waals surface area contributed by atoms with Gasteiger partial charge in [0.05, 0.1) is 0 Å². The molecule has 0 saturated heterocycles. The maximum Gasteiger partial charge on any atom is 0.00385 e. The first-order valence-electron chi connectivity index (χ1n) is 5.96. The smallest absolute Gasteiger partial charge is 0.00385 e. The van der Waals surface area contributed by atoms with E-state index in [-0.39, 0.29) is 0 Å². The fourth-order valence-electron chi connectivity index (χ4n) is 1.66. The molecule has 0 spiro atoms. The summed E-state index contributed by atoms with van der Waals surface area (Å²) in [5.74, 6) is 0. The van der Waals surface area contributed by atoms with Gasteiger partial charge in [0.25, 0.3) is 0 Å². The zero-order valence-corrected chi connectivity index (χ0v) is 9.97. The first-order valence-corrected chi connectivity index (χ1v) is 5.96. The lowest BCUT2D eigenvalue weighted by atomic mass is 10.2. The Morgan fingerprint density at radius 1 is 0.846 bits per heavy atom. The molecule has 0 aromatic rings. The molecular weight excluding hydrogens is 158 g/mol. The number of hydrogen-bond acceptors (Lipinski definition) is 1. The maximum atomic E-state index is 2.59. The summed E-state index contributed by atoms with van der Waals surface area (Å²) in [5, 5.41) is 0. The zero-order valence-electron chi connectivity index (χ0n) is 9.97. The van der Waals surface area contributed by atoms with E-state index < -0.39 is 0 Å². The second kappa shape index (κ2) is 8.55. The Kier molecular flexibility index (Phi) is 8.53. The van der Waals surface area contributed by atoms with Crippen LogP contribution in [-0.2, 0) is 0 Å². The molecule has 0 aromatic heterocycles. The van der Waals surface area contributed by atoms with Crippen LogP contribution in [0.15, 0.2) is 0 Å². The molecule has 0 aliphatic heterocycles. The van der Waals surface area contributed by atoms with Crippen molar-refractivity contribution in [2.45, 2.75) is 65.8 Å². The van der Waals surface area contributed by atoms with Crippen LogP contribution in [0.1, 0.15) is 59.8 Å². The number of rotatable bonds is 8. The molecule has 0 unspecified atom stereocenters. The first-order chi connectivity index (χ1) is 6.22. The van der Waals surface area contributed by atoms with Gasteiger partial charge in [0.1, 0.15) is 0 Å². The van der Waals surface area contributed by atoms with E-state index in [2.05, 4.69) is 32.6 Å². The summed E-state index contributed by atoms with van der Waals surface area (Å²) in [6.07, 6.45) is 6.81. The van der Waals surface area contributed by atoms with E-state index in [0.29, 0.717) is 0 Å². The summed E-state index contributed by atoms with van der Waals surface area (Å²) in [7, 11) is 0. The van der Waals surface area contributed by atoms with Crippen LogP contribution in [0.2, 0.25) is 0 Å². The average Bonchev–Trinajstić information content (AvgIpc) is 2.10. The van der Waals surface area contributed by atoms with E-state index in [9.17, 15) is 0 Å². The lowest BCUT2D eigenvalue weighted by molar-refractivity contribution is 0.217. The Bertz CT molecular complexity index is 99.3. The highest BCUT2D eigenvalue weighted by Gasteiger charge is 2.06. The van der Waals surface area contributed by atoms with Gasteiger partial charge in [0.15, 0.2) is 0 Å². The van der Waals surface area contributed by atoms with Crippen LogP contribution in [0.4, 0.5) is 0 Å². The van der Waals surface area contributed by atoms with Gasteiger partial charge in [0.2, 0.25) is 0 Å². The van der Waals surface area contributed by atoms with E-state index in [0.717, 1.165) is 6.04 Å². The summed E-state index contributed by atoms with van der Waals surface area (Å²) in [6, 6.07) is 0.724. The molecule has 0 aliphatic carbocycles. The molecule has 0 radical (unpaired) electrons. The predicted molar refractivity (Wildman–Crippen MR) is 61.1 cm³/mol. The van der Waals surface area contributed by atoms with Crippen LogP contribution in [-0.4, -0.2) is 24.0 Å². The average molecular weight is 185 g/mol. The van der Waals surface area contributed by atoms with Crippen LogP contribution < -0.4 is 0 Å². The third kappa shape index (κ3) is 7.06. The van der Waals surface area contributed by atoms with Crippen LogP contribution in [0.25, 0.3) is 0 Å². The van der Waals surface area contributed by atoms with Crippen molar-refractivity contribution >= 4 is 0 Å². The summed E-state index contributed by atoms with van der Waals surface area (Å²) in [5.41, 5.74) is 0. The monoisotopic (exact) mass is 185 g/mol. The number of hydrogen-bond donors (Lipinski definition) is 0. The maximum absolute atomic E-state index is 2.59. The Morgan fingerprint density at radius 2 is 1.54 bits per heavy atom. The van der Waals surface area contributed by atoms with Gasteiger partial charge in [-0.15, -0.1) is 0 Å². The SMILES string of the molecule is CCCCCCN(CCC)C(C)C. The summed E-state index contributed by atoms with van der Waals surface area (Å²) in [6.45, 7) is 11.7. The molecule has 0 fully saturated rings. The van der Waals surface area contributed by atoms with Crippen molar-refractivity contribution in [2.75, 3.05) is 13.1 Å². The largest absolute Gasteiger partial charge is 0.301 e. The highest BCUT2D eigenvalue weighted by molar-refractivity contribution is 4.61. The molecular formula is C12H27N. The van der Waals surface area contributed by atoms with E-state index in [4.69, 9.17) is 0 Å². The Hall–Kier alpha value is -0.0400. The van der Waals surface area contributed by atoms with E-state index in [1.807, 2.05) is 0 Å². The molecule has 0 atom stereocenters. The number of nitrogens with zero attached hydrogens (tertiary/aromatic N) is 1. The van der Waals surface area contributed by atoms with Crippen molar-refractivity contribution in [2.24, 2.45) is 0 Å². The van der Waals surface area contributed by atoms with Gasteiger partial charge < -0.3 is 4.90 Å². The molecule has 0 bridgehead atoms. The Morgan fingerprint density at radius 3 is 2.00 bits per heavy atom. The Labute approximate surface area is 84.5 Å². The van der Waals surface area contributed by atoms with Gasteiger partial charge in [-0.05, 0) is 39.8 Å². The Balaban J connectivity index is 3.45. The van der Waals surface area contributed by atoms with Crippen molar-refractivity contribution in [3.8, 4) is 0 Å². The molecule has 80 valence electrons. The molecule has 0 rings (SSSR count). The minimum atomic E-state index is 0.724. The molecule has 0 saturated carbocycles. The lowest BCUT2D eigenvalue weighted by Crippen LogP contribution is -2.32. The van der Waals surface area contributed by atoms with Crippen molar-refractivity contribution in [3.05, 3.63) is 0 Å². The van der Waals surface area contributed by atoms with Crippen LogP contribution in [0, 0.1) is 0 Å². The molecule has 0 aliphatic rings. The van der Waals surface area contributed by atoms with Crippen molar-refractivity contribution in [1.29, 1.82) is 0 Å².